The zero-order valence-electron chi connectivity index (χ0n) is 23.9. The molecular formula is C7AlF21O21S7Ti. The van der Waals surface area contributed by atoms with Gasteiger partial charge in [-0.3, -0.25) is 0 Å². The third kappa shape index (κ3) is 27.2. The normalized spacial score (nSPS) is 14.3. The van der Waals surface area contributed by atoms with E-state index in [-0.39, 0.29) is 21.7 Å². The summed E-state index contributed by atoms with van der Waals surface area (Å²) < 4.78 is 414. The maximum atomic E-state index is 12.0. The number of alkyl halides is 21. The molecule has 0 rings (SSSR count). The van der Waals surface area contributed by atoms with E-state index in [2.05, 4.69) is 9.70 Å². The van der Waals surface area contributed by atoms with E-state index in [0.29, 0.717) is 0 Å². The third-order valence-corrected chi connectivity index (χ3v) is 11.5. The van der Waals surface area contributed by atoms with Gasteiger partial charge in [0.15, 0.2) is 40.5 Å². The average Bonchev–Trinajstić information content (AvgIpc) is 2.77. The Morgan fingerprint density at radius 2 is 0.362 bits per heavy atom. The predicted molar refractivity (Wildman–Crippen MR) is 117 cm³/mol. The summed E-state index contributed by atoms with van der Waals surface area (Å²) in [5, 5.41) is 0. The van der Waals surface area contributed by atoms with Gasteiger partial charge in [0.1, 0.15) is 0 Å². The van der Waals surface area contributed by atoms with Crippen molar-refractivity contribution in [3.05, 3.63) is 0 Å². The van der Waals surface area contributed by atoms with Gasteiger partial charge in [-0.05, 0) is 0 Å². The zero-order chi connectivity index (χ0) is 48.7. The molecule has 0 amide bonds. The first-order valence-corrected chi connectivity index (χ1v) is 20.9. The van der Waals surface area contributed by atoms with E-state index in [1.807, 2.05) is 0 Å². The van der Waals surface area contributed by atoms with Crippen LogP contribution in [0.2, 0.25) is 0 Å². The van der Waals surface area contributed by atoms with Crippen molar-refractivity contribution >= 4 is 86.0 Å². The Hall–Kier alpha value is -0.853. The van der Waals surface area contributed by atoms with Crippen molar-refractivity contribution in [2.45, 2.75) is 38.6 Å². The van der Waals surface area contributed by atoms with Crippen LogP contribution >= 0.6 is 0 Å². The van der Waals surface area contributed by atoms with Crippen LogP contribution in [-0.2, 0) is 102 Å². The molecule has 0 heterocycles. The van der Waals surface area contributed by atoms with Gasteiger partial charge in [-0.25, -0.2) is 33.7 Å². The van der Waals surface area contributed by atoms with E-state index in [1.165, 1.54) is 0 Å². The van der Waals surface area contributed by atoms with Gasteiger partial charge in [-0.1, -0.05) is 0 Å². The third-order valence-electron chi connectivity index (χ3n) is 2.60. The Labute approximate surface area is 324 Å². The molecule has 0 spiro atoms. The average molecular weight is 1120 g/mol. The van der Waals surface area contributed by atoms with Crippen LogP contribution in [0.3, 0.4) is 0 Å². The van der Waals surface area contributed by atoms with Gasteiger partial charge in [-0.2, -0.15) is 117 Å². The summed E-state index contributed by atoms with van der Waals surface area (Å²) in [7, 11) is -45.6. The number of hydrogen-bond donors (Lipinski definition) is 0. The Morgan fingerprint density at radius 3 is 0.414 bits per heavy atom. The minimum Gasteiger partial charge on any atom is -0.741 e. The largest absolute Gasteiger partial charge is 4.00 e. The standard InChI is InChI=1S/7CHF3O3S.Al.Ti/c7*2-1(3,4)8(5,6)7;;/h7*(H,5,6,7);;/q;;;;;;;+3;+4/p-7. The fourth-order valence-corrected chi connectivity index (χ4v) is 5.56. The molecule has 58 heavy (non-hydrogen) atoms. The van der Waals surface area contributed by atoms with Gasteiger partial charge in [0.05, 0.1) is 0 Å². The van der Waals surface area contributed by atoms with Gasteiger partial charge in [0.25, 0.3) is 0 Å². The summed E-state index contributed by atoms with van der Waals surface area (Å²) in [5.74, 6) is 0. The molecule has 21 nitrogen and oxygen atoms in total. The van der Waals surface area contributed by atoms with Crippen LogP contribution in [0.5, 0.6) is 0 Å². The molecule has 350 valence electrons. The van der Waals surface area contributed by atoms with Gasteiger partial charge < -0.3 is 27.9 Å². The number of rotatable bonds is 6. The smallest absolute Gasteiger partial charge is 0.741 e. The minimum atomic E-state index is -7.08. The summed E-state index contributed by atoms with van der Waals surface area (Å²) in [5.41, 5.74) is -42.1. The summed E-state index contributed by atoms with van der Waals surface area (Å²) in [6, 6.07) is 0. The van der Waals surface area contributed by atoms with Gasteiger partial charge in [0, 0.05) is 0 Å². The molecule has 0 saturated heterocycles. The number of hydrogen-bond acceptors (Lipinski definition) is 21. The van der Waals surface area contributed by atoms with Gasteiger partial charge in [-0.15, -0.1) is 0 Å². The second-order valence-electron chi connectivity index (χ2n) is 6.88. The first-order chi connectivity index (χ1) is 23.5. The molecule has 0 aromatic rings. The molecule has 0 aliphatic heterocycles. The maximum absolute atomic E-state index is 12.0. The van der Waals surface area contributed by atoms with Crippen molar-refractivity contribution in [2.75, 3.05) is 0 Å². The second kappa shape index (κ2) is 21.5. The molecule has 0 aromatic heterocycles. The van der Waals surface area contributed by atoms with E-state index < -0.39 is 125 Å². The summed E-state index contributed by atoms with van der Waals surface area (Å²) >= 11 is -6.33. The number of halogens is 21. The first kappa shape index (κ1) is 68.9. The quantitative estimate of drug-likeness (QED) is 0.153. The van der Waals surface area contributed by atoms with Crippen LogP contribution in [0.15, 0.2) is 0 Å². The van der Waals surface area contributed by atoms with Crippen LogP contribution in [0.1, 0.15) is 0 Å². The molecule has 0 aliphatic rings. The topological polar surface area (TPSA) is 359 Å². The monoisotopic (exact) mass is 1120 g/mol. The Morgan fingerprint density at radius 1 is 0.276 bits per heavy atom. The first-order valence-electron chi connectivity index (χ1n) is 9.60. The van der Waals surface area contributed by atoms with Crippen molar-refractivity contribution in [3.8, 4) is 0 Å². The van der Waals surface area contributed by atoms with Crippen LogP contribution < -0.4 is 0 Å². The van der Waals surface area contributed by atoms with Crippen LogP contribution in [0, 0.1) is 0 Å². The molecule has 0 unspecified atom stereocenters. The summed E-state index contributed by atoms with van der Waals surface area (Å²) in [6.45, 7) is 0. The van der Waals surface area contributed by atoms with E-state index in [9.17, 15) is 117 Å². The van der Waals surface area contributed by atoms with Crippen LogP contribution in [0.4, 0.5) is 92.2 Å². The molecule has 0 bridgehead atoms. The molecular weight excluding hydrogens is 1120 g/mol. The Balaban J connectivity index is -0.000000167. The SMILES string of the molecule is O=S(=O)([O-])C(F)(F)F.O=S(=O)([O-])C(F)(F)F.O=S(=O)([O-])C(F)(F)F.O=S(=O)([O-])C(F)(F)F.O=S(=O)([O][Al]([O]S(=O)(=O)C(F)(F)F)[O]S(=O)(=O)C(F)(F)F)C(F)(F)F.[Ti+4]. The van der Waals surface area contributed by atoms with Gasteiger partial charge in [0.2, 0.25) is 0 Å². The molecule has 0 radical (unpaired) electrons. The van der Waals surface area contributed by atoms with Gasteiger partial charge >= 0.3 is 106 Å². The summed E-state index contributed by atoms with van der Waals surface area (Å²) in [4.78, 5) is 0. The fourth-order valence-electron chi connectivity index (χ4n) is 0.522. The van der Waals surface area contributed by atoms with Crippen molar-refractivity contribution in [1.29, 1.82) is 0 Å². The summed E-state index contributed by atoms with van der Waals surface area (Å²) in [6.07, 6.45) is 0. The molecule has 0 aliphatic carbocycles. The van der Waals surface area contributed by atoms with Crippen LogP contribution in [-0.4, -0.2) is 131 Å². The van der Waals surface area contributed by atoms with Crippen molar-refractivity contribution in [1.82, 2.24) is 0 Å². The maximum Gasteiger partial charge on any atom is 4.00 e. The molecule has 0 saturated carbocycles. The molecule has 0 atom stereocenters. The zero-order valence-corrected chi connectivity index (χ0v) is 32.4. The Bertz CT molecular complexity index is 1810. The fraction of sp³-hybridized carbons (Fsp3) is 1.00. The van der Waals surface area contributed by atoms with Crippen molar-refractivity contribution in [3.63, 3.8) is 0 Å². The molecule has 0 N–H and O–H groups in total. The molecule has 0 aromatic carbocycles. The molecule has 0 fully saturated rings. The van der Waals surface area contributed by atoms with E-state index in [0.717, 1.165) is 0 Å². The van der Waals surface area contributed by atoms with Crippen LogP contribution in [0.25, 0.3) is 0 Å². The molecule has 51 heteroatoms. The predicted octanol–water partition coefficient (Wildman–Crippen LogP) is 0.773. The van der Waals surface area contributed by atoms with E-state index >= 15 is 0 Å². The van der Waals surface area contributed by atoms with Crippen molar-refractivity contribution < 1.29 is 201 Å². The van der Waals surface area contributed by atoms with Crippen molar-refractivity contribution in [2.24, 2.45) is 0 Å². The Kier molecular flexibility index (Phi) is 25.5. The minimum absolute atomic E-state index is 0. The van der Waals surface area contributed by atoms with E-state index in [1.54, 1.807) is 0 Å². The van der Waals surface area contributed by atoms with E-state index in [4.69, 9.17) is 51.9 Å². The second-order valence-corrected chi connectivity index (χ2v) is 19.4.